The monoisotopic (exact) mass is 296 g/mol. The number of aromatic nitrogens is 1. The molecule has 0 radical (unpaired) electrons. The fourth-order valence-corrected chi connectivity index (χ4v) is 2.91. The summed E-state index contributed by atoms with van der Waals surface area (Å²) in [6.45, 7) is 2.02. The highest BCUT2D eigenvalue weighted by molar-refractivity contribution is 6.32. The molecule has 0 spiro atoms. The van der Waals surface area contributed by atoms with Crippen molar-refractivity contribution in [3.05, 3.63) is 23.5 Å². The number of rotatable bonds is 4. The van der Waals surface area contributed by atoms with Crippen molar-refractivity contribution in [1.29, 1.82) is 0 Å². The topological polar surface area (TPSA) is 79.3 Å². The number of halogens is 1. The normalized spacial score (nSPS) is 25.4. The van der Waals surface area contributed by atoms with Crippen molar-refractivity contribution in [3.8, 4) is 0 Å². The third kappa shape index (κ3) is 3.10. The summed E-state index contributed by atoms with van der Waals surface area (Å²) in [6.07, 6.45) is 3.59. The number of amides is 1. The van der Waals surface area contributed by atoms with Gasteiger partial charge in [-0.05, 0) is 30.9 Å². The second-order valence-electron chi connectivity index (χ2n) is 5.13. The number of carbonyl (C=O) groups is 2. The largest absolute Gasteiger partial charge is 0.481 e. The lowest BCUT2D eigenvalue weighted by Crippen LogP contribution is -2.30. The molecule has 3 atom stereocenters. The van der Waals surface area contributed by atoms with Gasteiger partial charge in [-0.2, -0.15) is 0 Å². The van der Waals surface area contributed by atoms with Crippen LogP contribution in [-0.4, -0.2) is 22.0 Å². The van der Waals surface area contributed by atoms with Gasteiger partial charge in [-0.1, -0.05) is 24.9 Å². The van der Waals surface area contributed by atoms with Crippen LogP contribution in [0.1, 0.15) is 26.2 Å². The van der Waals surface area contributed by atoms with Gasteiger partial charge in [0.05, 0.1) is 17.5 Å². The SMILES string of the molecule is CCC1C[C@H](C(=O)Nc2cccnc2Cl)[C@H](C(=O)O)C1. The molecule has 1 unspecified atom stereocenters. The minimum Gasteiger partial charge on any atom is -0.481 e. The molecular weight excluding hydrogens is 280 g/mol. The van der Waals surface area contributed by atoms with E-state index in [0.717, 1.165) is 6.42 Å². The predicted octanol–water partition coefficient (Wildman–Crippen LogP) is 2.81. The van der Waals surface area contributed by atoms with E-state index in [1.807, 2.05) is 6.92 Å². The number of hydrogen-bond donors (Lipinski definition) is 2. The molecule has 5 nitrogen and oxygen atoms in total. The molecule has 0 bridgehead atoms. The maximum atomic E-state index is 12.3. The molecule has 2 rings (SSSR count). The standard InChI is InChI=1S/C14H17ClN2O3/c1-2-8-6-9(10(7-8)14(19)20)13(18)17-11-4-3-5-16-12(11)15/h3-5,8-10H,2,6-7H2,1H3,(H,17,18)(H,19,20)/t8?,9-,10+/m0/s1. The molecule has 1 aliphatic carbocycles. The Morgan fingerprint density at radius 3 is 2.75 bits per heavy atom. The first kappa shape index (κ1) is 14.8. The molecule has 1 aliphatic rings. The van der Waals surface area contributed by atoms with Crippen LogP contribution in [0.25, 0.3) is 0 Å². The summed E-state index contributed by atoms with van der Waals surface area (Å²) in [7, 11) is 0. The van der Waals surface area contributed by atoms with Gasteiger partial charge < -0.3 is 10.4 Å². The molecule has 1 heterocycles. The number of anilines is 1. The van der Waals surface area contributed by atoms with Gasteiger partial charge >= 0.3 is 5.97 Å². The molecule has 1 amide bonds. The van der Waals surface area contributed by atoms with Gasteiger partial charge in [0.1, 0.15) is 0 Å². The third-order valence-corrected chi connectivity index (χ3v) is 4.21. The van der Waals surface area contributed by atoms with E-state index >= 15 is 0 Å². The molecule has 1 saturated carbocycles. The van der Waals surface area contributed by atoms with Crippen LogP contribution < -0.4 is 5.32 Å². The highest BCUT2D eigenvalue weighted by atomic mass is 35.5. The van der Waals surface area contributed by atoms with Crippen LogP contribution in [-0.2, 0) is 9.59 Å². The van der Waals surface area contributed by atoms with Crippen molar-refractivity contribution in [1.82, 2.24) is 4.98 Å². The summed E-state index contributed by atoms with van der Waals surface area (Å²) in [5, 5.41) is 12.1. The Balaban J connectivity index is 2.11. The van der Waals surface area contributed by atoms with E-state index in [9.17, 15) is 14.7 Å². The van der Waals surface area contributed by atoms with E-state index in [-0.39, 0.29) is 17.0 Å². The number of carboxylic acid groups (broad SMARTS) is 1. The minimum atomic E-state index is -0.904. The lowest BCUT2D eigenvalue weighted by molar-refractivity contribution is -0.145. The molecule has 108 valence electrons. The first-order valence-electron chi connectivity index (χ1n) is 6.67. The van der Waals surface area contributed by atoms with Crippen LogP contribution in [0.15, 0.2) is 18.3 Å². The van der Waals surface area contributed by atoms with Gasteiger partial charge in [-0.15, -0.1) is 0 Å². The molecule has 6 heteroatoms. The third-order valence-electron chi connectivity index (χ3n) is 3.91. The Morgan fingerprint density at radius 1 is 1.45 bits per heavy atom. The average molecular weight is 297 g/mol. The molecule has 0 saturated heterocycles. The number of hydrogen-bond acceptors (Lipinski definition) is 3. The van der Waals surface area contributed by atoms with Crippen molar-refractivity contribution < 1.29 is 14.7 Å². The summed E-state index contributed by atoms with van der Waals surface area (Å²) in [6, 6.07) is 3.31. The van der Waals surface area contributed by atoms with Crippen LogP contribution in [0.5, 0.6) is 0 Å². The quantitative estimate of drug-likeness (QED) is 0.837. The van der Waals surface area contributed by atoms with E-state index in [4.69, 9.17) is 11.6 Å². The summed E-state index contributed by atoms with van der Waals surface area (Å²) in [5.41, 5.74) is 0.420. The number of nitrogens with one attached hydrogen (secondary N) is 1. The minimum absolute atomic E-state index is 0.206. The zero-order chi connectivity index (χ0) is 14.7. The fraction of sp³-hybridized carbons (Fsp3) is 0.500. The predicted molar refractivity (Wildman–Crippen MR) is 75.5 cm³/mol. The Hall–Kier alpha value is -1.62. The Bertz CT molecular complexity index is 521. The van der Waals surface area contributed by atoms with Crippen molar-refractivity contribution in [2.45, 2.75) is 26.2 Å². The lowest BCUT2D eigenvalue weighted by atomic mass is 9.95. The average Bonchev–Trinajstić information content (AvgIpc) is 2.86. The van der Waals surface area contributed by atoms with Gasteiger partial charge in [0.2, 0.25) is 5.91 Å². The first-order valence-corrected chi connectivity index (χ1v) is 7.04. The van der Waals surface area contributed by atoms with Gasteiger partial charge in [0.15, 0.2) is 5.15 Å². The highest BCUT2D eigenvalue weighted by Gasteiger charge is 2.42. The van der Waals surface area contributed by atoms with E-state index < -0.39 is 17.8 Å². The molecule has 1 aromatic rings. The second kappa shape index (κ2) is 6.22. The van der Waals surface area contributed by atoms with Crippen LogP contribution in [0.2, 0.25) is 5.15 Å². The number of pyridine rings is 1. The summed E-state index contributed by atoms with van der Waals surface area (Å²) < 4.78 is 0. The fourth-order valence-electron chi connectivity index (χ4n) is 2.74. The summed E-state index contributed by atoms with van der Waals surface area (Å²) in [5.74, 6) is -2.03. The van der Waals surface area contributed by atoms with E-state index in [1.165, 1.54) is 6.20 Å². The van der Waals surface area contributed by atoms with E-state index in [2.05, 4.69) is 10.3 Å². The van der Waals surface area contributed by atoms with Gasteiger partial charge in [0.25, 0.3) is 0 Å². The number of carbonyl (C=O) groups excluding carboxylic acids is 1. The van der Waals surface area contributed by atoms with E-state index in [1.54, 1.807) is 12.1 Å². The van der Waals surface area contributed by atoms with Crippen molar-refractivity contribution in [2.24, 2.45) is 17.8 Å². The summed E-state index contributed by atoms with van der Waals surface area (Å²) in [4.78, 5) is 27.4. The van der Waals surface area contributed by atoms with Crippen LogP contribution in [0.3, 0.4) is 0 Å². The Kier molecular flexibility index (Phi) is 4.60. The number of aliphatic carboxylic acids is 1. The number of carboxylic acids is 1. The van der Waals surface area contributed by atoms with Crippen molar-refractivity contribution in [3.63, 3.8) is 0 Å². The molecule has 1 aromatic heterocycles. The van der Waals surface area contributed by atoms with E-state index in [0.29, 0.717) is 18.5 Å². The molecular formula is C14H17ClN2O3. The molecule has 0 aliphatic heterocycles. The zero-order valence-electron chi connectivity index (χ0n) is 11.2. The van der Waals surface area contributed by atoms with Crippen molar-refractivity contribution >= 4 is 29.2 Å². The van der Waals surface area contributed by atoms with Crippen LogP contribution in [0.4, 0.5) is 5.69 Å². The maximum Gasteiger partial charge on any atom is 0.307 e. The van der Waals surface area contributed by atoms with Gasteiger partial charge in [0, 0.05) is 6.20 Å². The van der Waals surface area contributed by atoms with Gasteiger partial charge in [-0.3, -0.25) is 9.59 Å². The Morgan fingerprint density at radius 2 is 2.15 bits per heavy atom. The smallest absolute Gasteiger partial charge is 0.307 e. The van der Waals surface area contributed by atoms with Crippen LogP contribution in [0, 0.1) is 17.8 Å². The maximum absolute atomic E-state index is 12.3. The second-order valence-corrected chi connectivity index (χ2v) is 5.49. The lowest BCUT2D eigenvalue weighted by Gasteiger charge is -2.15. The Labute approximate surface area is 122 Å². The highest BCUT2D eigenvalue weighted by Crippen LogP contribution is 2.39. The van der Waals surface area contributed by atoms with Crippen molar-refractivity contribution in [2.75, 3.05) is 5.32 Å². The van der Waals surface area contributed by atoms with Gasteiger partial charge in [-0.25, -0.2) is 4.98 Å². The van der Waals surface area contributed by atoms with Crippen LogP contribution >= 0.6 is 11.6 Å². The zero-order valence-corrected chi connectivity index (χ0v) is 11.9. The molecule has 2 N–H and O–H groups in total. The molecule has 20 heavy (non-hydrogen) atoms. The molecule has 0 aromatic carbocycles. The first-order chi connectivity index (χ1) is 9.52. The molecule has 1 fully saturated rings. The number of nitrogens with zero attached hydrogens (tertiary/aromatic N) is 1. The summed E-state index contributed by atoms with van der Waals surface area (Å²) >= 11 is 5.89.